The molecule has 118 valence electrons. The van der Waals surface area contributed by atoms with E-state index in [1.165, 1.54) is 7.11 Å². The fourth-order valence-electron chi connectivity index (χ4n) is 1.59. The lowest BCUT2D eigenvalue weighted by Crippen LogP contribution is -2.20. The van der Waals surface area contributed by atoms with Crippen LogP contribution in [0.25, 0.3) is 0 Å². The van der Waals surface area contributed by atoms with Crippen molar-refractivity contribution in [3.63, 3.8) is 0 Å². The zero-order chi connectivity index (χ0) is 15.1. The Labute approximate surface area is 129 Å². The van der Waals surface area contributed by atoms with Gasteiger partial charge in [0.05, 0.1) is 12.8 Å². The molecule has 1 aromatic carbocycles. The van der Waals surface area contributed by atoms with E-state index in [9.17, 15) is 9.59 Å². The van der Waals surface area contributed by atoms with Gasteiger partial charge >= 0.3 is 6.03 Å². The Balaban J connectivity index is 0.00000400. The van der Waals surface area contributed by atoms with Gasteiger partial charge < -0.3 is 26.8 Å². The summed E-state index contributed by atoms with van der Waals surface area (Å²) in [4.78, 5) is 22.5. The number of hydrogen-bond acceptors (Lipinski definition) is 4. The summed E-state index contributed by atoms with van der Waals surface area (Å²) in [6.07, 6.45) is 0.964. The highest BCUT2D eigenvalue weighted by atomic mass is 35.5. The number of methoxy groups -OCH3 is 1. The molecule has 7 nitrogen and oxygen atoms in total. The van der Waals surface area contributed by atoms with Crippen molar-refractivity contribution in [2.24, 2.45) is 11.5 Å². The van der Waals surface area contributed by atoms with Gasteiger partial charge in [0.15, 0.2) is 0 Å². The lowest BCUT2D eigenvalue weighted by atomic mass is 10.2. The molecule has 0 radical (unpaired) electrons. The first-order valence-electron chi connectivity index (χ1n) is 6.22. The van der Waals surface area contributed by atoms with E-state index in [-0.39, 0.29) is 24.4 Å². The number of carbonyl (C=O) groups excluding carboxylic acids is 2. The normalized spacial score (nSPS) is 11.0. The maximum atomic E-state index is 11.7. The van der Waals surface area contributed by atoms with E-state index in [1.54, 1.807) is 18.2 Å². The molecule has 0 fully saturated rings. The number of nitrogens with one attached hydrogen (secondary N) is 2. The summed E-state index contributed by atoms with van der Waals surface area (Å²) in [6.45, 7) is 1.85. The number of ether oxygens (including phenoxy) is 1. The number of carbonyl (C=O) groups is 2. The molecule has 0 bridgehead atoms. The minimum Gasteiger partial charge on any atom is -0.494 e. The third-order valence-electron chi connectivity index (χ3n) is 2.57. The van der Waals surface area contributed by atoms with Crippen LogP contribution in [0.5, 0.6) is 5.75 Å². The number of amides is 3. The number of halogens is 1. The molecule has 3 amide bonds. The fraction of sp³-hybridized carbons (Fsp3) is 0.385. The first-order chi connectivity index (χ1) is 9.42. The first-order valence-corrected chi connectivity index (χ1v) is 6.22. The van der Waals surface area contributed by atoms with Crippen LogP contribution in [0.3, 0.4) is 0 Å². The summed E-state index contributed by atoms with van der Waals surface area (Å²) >= 11 is 0. The molecule has 6 N–H and O–H groups in total. The summed E-state index contributed by atoms with van der Waals surface area (Å²) in [7, 11) is 1.46. The Morgan fingerprint density at radius 3 is 2.52 bits per heavy atom. The van der Waals surface area contributed by atoms with Crippen molar-refractivity contribution in [2.45, 2.75) is 25.8 Å². The van der Waals surface area contributed by atoms with E-state index in [4.69, 9.17) is 16.2 Å². The van der Waals surface area contributed by atoms with Crippen LogP contribution < -0.4 is 26.8 Å². The van der Waals surface area contributed by atoms with E-state index in [0.29, 0.717) is 30.0 Å². The summed E-state index contributed by atoms with van der Waals surface area (Å²) < 4.78 is 5.13. The molecule has 0 heterocycles. The van der Waals surface area contributed by atoms with Gasteiger partial charge in [-0.15, -0.1) is 12.4 Å². The molecule has 1 aromatic rings. The number of rotatable bonds is 6. The largest absolute Gasteiger partial charge is 0.494 e. The Morgan fingerprint density at radius 2 is 2.00 bits per heavy atom. The third-order valence-corrected chi connectivity index (χ3v) is 2.57. The Bertz CT molecular complexity index is 494. The van der Waals surface area contributed by atoms with Crippen LogP contribution >= 0.6 is 12.4 Å². The Kier molecular flexibility index (Phi) is 8.18. The van der Waals surface area contributed by atoms with Crippen LogP contribution in [0.1, 0.15) is 19.8 Å². The molecular weight excluding hydrogens is 296 g/mol. The Morgan fingerprint density at radius 1 is 1.33 bits per heavy atom. The summed E-state index contributed by atoms with van der Waals surface area (Å²) in [6, 6.07) is 4.16. The van der Waals surface area contributed by atoms with Crippen molar-refractivity contribution >= 4 is 35.7 Å². The second-order valence-electron chi connectivity index (χ2n) is 4.47. The van der Waals surface area contributed by atoms with Crippen LogP contribution in [0.4, 0.5) is 16.2 Å². The molecule has 1 unspecified atom stereocenters. The van der Waals surface area contributed by atoms with Gasteiger partial charge in [-0.3, -0.25) is 4.79 Å². The summed E-state index contributed by atoms with van der Waals surface area (Å²) in [5.41, 5.74) is 11.7. The van der Waals surface area contributed by atoms with Crippen LogP contribution in [0, 0.1) is 0 Å². The highest BCUT2D eigenvalue weighted by Gasteiger charge is 2.09. The molecule has 8 heteroatoms. The summed E-state index contributed by atoms with van der Waals surface area (Å²) in [5, 5.41) is 5.16. The number of hydrogen-bond donors (Lipinski definition) is 4. The van der Waals surface area contributed by atoms with E-state index in [2.05, 4.69) is 10.6 Å². The molecule has 0 aliphatic rings. The molecule has 0 aromatic heterocycles. The number of primary amides is 1. The van der Waals surface area contributed by atoms with Crippen molar-refractivity contribution in [3.8, 4) is 5.75 Å². The molecule has 0 saturated heterocycles. The Hall–Kier alpha value is -1.99. The molecule has 0 aliphatic carbocycles. The minimum absolute atomic E-state index is 0. The number of benzene rings is 1. The van der Waals surface area contributed by atoms with Gasteiger partial charge in [-0.2, -0.15) is 0 Å². The third kappa shape index (κ3) is 6.82. The number of urea groups is 1. The van der Waals surface area contributed by atoms with E-state index in [0.717, 1.165) is 0 Å². The zero-order valence-electron chi connectivity index (χ0n) is 12.0. The average Bonchev–Trinajstić information content (AvgIpc) is 2.37. The van der Waals surface area contributed by atoms with E-state index in [1.807, 2.05) is 6.92 Å². The van der Waals surface area contributed by atoms with Crippen LogP contribution in [-0.2, 0) is 4.79 Å². The molecule has 0 saturated carbocycles. The van der Waals surface area contributed by atoms with Gasteiger partial charge in [0.2, 0.25) is 5.91 Å². The van der Waals surface area contributed by atoms with E-state index >= 15 is 0 Å². The van der Waals surface area contributed by atoms with Gasteiger partial charge in [-0.05, 0) is 25.5 Å². The van der Waals surface area contributed by atoms with Crippen molar-refractivity contribution in [2.75, 3.05) is 17.7 Å². The summed E-state index contributed by atoms with van der Waals surface area (Å²) in [5.74, 6) is 0.286. The lowest BCUT2D eigenvalue weighted by Gasteiger charge is -2.12. The smallest absolute Gasteiger partial charge is 0.316 e. The lowest BCUT2D eigenvalue weighted by molar-refractivity contribution is -0.116. The second-order valence-corrected chi connectivity index (χ2v) is 4.47. The molecule has 0 spiro atoms. The van der Waals surface area contributed by atoms with Crippen LogP contribution in [0.2, 0.25) is 0 Å². The average molecular weight is 317 g/mol. The standard InChI is InChI=1S/C13H20N4O3.ClH/c1-8(14)3-6-12(18)16-9-4-5-10(17-13(15)19)11(7-9)20-2;/h4-5,7-8H,3,6,14H2,1-2H3,(H,16,18)(H3,15,17,19);1H. The molecule has 1 rings (SSSR count). The van der Waals surface area contributed by atoms with E-state index < -0.39 is 6.03 Å². The van der Waals surface area contributed by atoms with Crippen molar-refractivity contribution in [1.29, 1.82) is 0 Å². The molecule has 21 heavy (non-hydrogen) atoms. The second kappa shape index (κ2) is 9.04. The monoisotopic (exact) mass is 316 g/mol. The van der Waals surface area contributed by atoms with Gasteiger partial charge in [0.1, 0.15) is 5.75 Å². The predicted molar refractivity (Wildman–Crippen MR) is 85.0 cm³/mol. The number of nitrogens with two attached hydrogens (primary N) is 2. The van der Waals surface area contributed by atoms with Crippen molar-refractivity contribution < 1.29 is 14.3 Å². The molecule has 1 atom stereocenters. The zero-order valence-corrected chi connectivity index (χ0v) is 12.8. The van der Waals surface area contributed by atoms with Crippen LogP contribution in [0.15, 0.2) is 18.2 Å². The van der Waals surface area contributed by atoms with Gasteiger partial charge in [-0.1, -0.05) is 0 Å². The molecular formula is C13H21ClN4O3. The van der Waals surface area contributed by atoms with Gasteiger partial charge in [0.25, 0.3) is 0 Å². The quantitative estimate of drug-likeness (QED) is 0.638. The molecule has 0 aliphatic heterocycles. The van der Waals surface area contributed by atoms with Gasteiger partial charge in [-0.25, -0.2) is 4.79 Å². The predicted octanol–water partition coefficient (Wildman–Crippen LogP) is 1.67. The maximum absolute atomic E-state index is 11.7. The SMILES string of the molecule is COc1cc(NC(=O)CCC(C)N)ccc1NC(N)=O.Cl. The highest BCUT2D eigenvalue weighted by Crippen LogP contribution is 2.27. The fourth-order valence-corrected chi connectivity index (χ4v) is 1.59. The number of anilines is 2. The van der Waals surface area contributed by atoms with Crippen LogP contribution in [-0.4, -0.2) is 25.1 Å². The first kappa shape index (κ1) is 19.0. The highest BCUT2D eigenvalue weighted by molar-refractivity contribution is 5.93. The topological polar surface area (TPSA) is 119 Å². The van der Waals surface area contributed by atoms with Gasteiger partial charge in [0, 0.05) is 24.2 Å². The van der Waals surface area contributed by atoms with Crippen molar-refractivity contribution in [3.05, 3.63) is 18.2 Å². The van der Waals surface area contributed by atoms with Crippen molar-refractivity contribution in [1.82, 2.24) is 0 Å². The maximum Gasteiger partial charge on any atom is 0.316 e. The minimum atomic E-state index is -0.683.